The van der Waals surface area contributed by atoms with Gasteiger partial charge in [0.25, 0.3) is 0 Å². The molecular weight excluding hydrogens is 502 g/mol. The van der Waals surface area contributed by atoms with Crippen molar-refractivity contribution in [2.75, 3.05) is 20.6 Å². The van der Waals surface area contributed by atoms with Crippen molar-refractivity contribution in [1.82, 2.24) is 24.7 Å². The number of H-pyrrole nitrogens is 1. The first-order chi connectivity index (χ1) is 17.4. The molecule has 1 aromatic carbocycles. The number of nitrogens with one attached hydrogen (secondary N) is 2. The first-order valence-electron chi connectivity index (χ1n) is 11.9. The molecule has 0 aliphatic carbocycles. The van der Waals surface area contributed by atoms with Crippen molar-refractivity contribution < 1.29 is 32.3 Å². The largest absolute Gasteiger partial charge is 0.461 e. The zero-order chi connectivity index (χ0) is 27.3. The molecule has 2 heterocycles. The second-order valence-corrected chi connectivity index (χ2v) is 11.1. The Morgan fingerprint density at radius 3 is 2.46 bits per heavy atom. The molecule has 0 spiro atoms. The van der Waals surface area contributed by atoms with E-state index in [0.29, 0.717) is 29.8 Å². The van der Waals surface area contributed by atoms with E-state index in [1.165, 1.54) is 11.1 Å². The molecule has 0 unspecified atom stereocenters. The van der Waals surface area contributed by atoms with Gasteiger partial charge in [0.1, 0.15) is 22.7 Å². The van der Waals surface area contributed by atoms with E-state index in [4.69, 9.17) is 9.47 Å². The Bertz CT molecular complexity index is 1220. The van der Waals surface area contributed by atoms with Gasteiger partial charge in [-0.25, -0.2) is 18.0 Å². The summed E-state index contributed by atoms with van der Waals surface area (Å²) in [6.07, 6.45) is 1.27. The lowest BCUT2D eigenvalue weighted by Crippen LogP contribution is -2.52. The summed E-state index contributed by atoms with van der Waals surface area (Å²) in [5.74, 6) is -0.886. The van der Waals surface area contributed by atoms with Crippen LogP contribution in [0.3, 0.4) is 0 Å². The van der Waals surface area contributed by atoms with Gasteiger partial charge in [-0.05, 0) is 51.3 Å². The monoisotopic (exact) mass is 535 g/mol. The van der Waals surface area contributed by atoms with Crippen molar-refractivity contribution in [2.24, 2.45) is 0 Å². The molecule has 1 fully saturated rings. The van der Waals surface area contributed by atoms with E-state index in [9.17, 15) is 22.8 Å². The molecule has 0 saturated carbocycles. The number of aromatic amines is 1. The molecule has 2 N–H and O–H groups in total. The third-order valence-corrected chi connectivity index (χ3v) is 7.79. The third kappa shape index (κ3) is 6.86. The highest BCUT2D eigenvalue weighted by atomic mass is 32.2. The fraction of sp³-hybridized carbons (Fsp3) is 0.500. The summed E-state index contributed by atoms with van der Waals surface area (Å²) in [7, 11) is -0.824. The zero-order valence-corrected chi connectivity index (χ0v) is 22.4. The van der Waals surface area contributed by atoms with Crippen LogP contribution in [0.5, 0.6) is 5.75 Å². The number of aryl methyl sites for hydroxylation is 1. The molecule has 0 radical (unpaired) electrons. The number of hydrogen-bond acceptors (Lipinski definition) is 8. The van der Waals surface area contributed by atoms with Gasteiger partial charge in [0.05, 0.1) is 11.8 Å². The van der Waals surface area contributed by atoms with E-state index in [2.05, 4.69) is 15.5 Å². The lowest BCUT2D eigenvalue weighted by atomic mass is 10.0. The quantitative estimate of drug-likeness (QED) is 0.460. The number of hydrogen-bond donors (Lipinski definition) is 2. The van der Waals surface area contributed by atoms with Crippen LogP contribution in [-0.2, 0) is 30.8 Å². The van der Waals surface area contributed by atoms with Gasteiger partial charge in [-0.2, -0.15) is 9.40 Å². The highest BCUT2D eigenvalue weighted by Crippen LogP contribution is 2.27. The number of rotatable bonds is 9. The second kappa shape index (κ2) is 11.7. The molecule has 202 valence electrons. The SMILES string of the molecule is Cc1n[nH]cc1S(=O)(=O)N1CCC[C@H]1C(=O)N[C@@H](Cc1ccc(OC(=O)N(C)C)cc1)C(=O)OC(C)C. The Kier molecular flexibility index (Phi) is 8.92. The van der Waals surface area contributed by atoms with E-state index >= 15 is 0 Å². The number of carbonyl (C=O) groups is 3. The molecular formula is C24H33N5O7S. The minimum atomic E-state index is -3.96. The number of sulfonamides is 1. The van der Waals surface area contributed by atoms with Gasteiger partial charge in [0.2, 0.25) is 15.9 Å². The summed E-state index contributed by atoms with van der Waals surface area (Å²) >= 11 is 0. The maximum Gasteiger partial charge on any atom is 0.414 e. The molecule has 13 heteroatoms. The molecule has 1 aromatic heterocycles. The van der Waals surface area contributed by atoms with Crippen LogP contribution < -0.4 is 10.1 Å². The van der Waals surface area contributed by atoms with Crippen molar-refractivity contribution in [1.29, 1.82) is 0 Å². The number of benzene rings is 1. The average molecular weight is 536 g/mol. The Labute approximate surface area is 216 Å². The molecule has 2 amide bonds. The van der Waals surface area contributed by atoms with Gasteiger partial charge in [-0.15, -0.1) is 0 Å². The van der Waals surface area contributed by atoms with Crippen molar-refractivity contribution in [3.63, 3.8) is 0 Å². The predicted octanol–water partition coefficient (Wildman–Crippen LogP) is 1.61. The zero-order valence-electron chi connectivity index (χ0n) is 21.6. The minimum Gasteiger partial charge on any atom is -0.461 e. The van der Waals surface area contributed by atoms with E-state index < -0.39 is 46.2 Å². The third-order valence-electron chi connectivity index (χ3n) is 5.76. The summed E-state index contributed by atoms with van der Waals surface area (Å²) in [4.78, 5) is 39.2. The maximum atomic E-state index is 13.3. The van der Waals surface area contributed by atoms with E-state index in [1.54, 1.807) is 59.1 Å². The first kappa shape index (κ1) is 28.1. The number of nitrogens with zero attached hydrogens (tertiary/aromatic N) is 3. The summed E-state index contributed by atoms with van der Waals surface area (Å²) in [6, 6.07) is 4.50. The summed E-state index contributed by atoms with van der Waals surface area (Å²) in [5.41, 5.74) is 0.990. The summed E-state index contributed by atoms with van der Waals surface area (Å²) in [5, 5.41) is 9.12. The fourth-order valence-corrected chi connectivity index (χ4v) is 5.70. The van der Waals surface area contributed by atoms with Crippen LogP contribution in [-0.4, -0.2) is 84.6 Å². The summed E-state index contributed by atoms with van der Waals surface area (Å²) < 4.78 is 38.1. The van der Waals surface area contributed by atoms with Crippen molar-refractivity contribution in [2.45, 2.75) is 63.1 Å². The molecule has 2 aromatic rings. The van der Waals surface area contributed by atoms with E-state index in [-0.39, 0.29) is 17.9 Å². The van der Waals surface area contributed by atoms with E-state index in [0.717, 1.165) is 4.31 Å². The number of carbonyl (C=O) groups excluding carboxylic acids is 3. The summed E-state index contributed by atoms with van der Waals surface area (Å²) in [6.45, 7) is 5.14. The lowest BCUT2D eigenvalue weighted by Gasteiger charge is -2.26. The van der Waals surface area contributed by atoms with Gasteiger partial charge in [-0.3, -0.25) is 9.89 Å². The average Bonchev–Trinajstić information content (AvgIpc) is 3.49. The topological polar surface area (TPSA) is 151 Å². The Morgan fingerprint density at radius 2 is 1.89 bits per heavy atom. The van der Waals surface area contributed by atoms with Crippen LogP contribution in [0.1, 0.15) is 37.9 Å². The first-order valence-corrected chi connectivity index (χ1v) is 13.3. The minimum absolute atomic E-state index is 0.0121. The molecule has 3 rings (SSSR count). The Morgan fingerprint density at radius 1 is 1.22 bits per heavy atom. The van der Waals surface area contributed by atoms with Gasteiger partial charge >= 0.3 is 12.1 Å². The standard InChI is InChI=1S/C24H33N5O7S/c1-15(2)35-23(31)19(13-17-8-10-18(11-9-17)36-24(32)28(4)5)26-22(30)20-7-6-12-29(20)37(33,34)21-14-25-27-16(21)3/h8-11,14-15,19-20H,6-7,12-13H2,1-5H3,(H,25,27)(H,26,30)/t19-,20-/m0/s1. The molecule has 0 bridgehead atoms. The number of aromatic nitrogens is 2. The van der Waals surface area contributed by atoms with Crippen LogP contribution in [0.4, 0.5) is 4.79 Å². The lowest BCUT2D eigenvalue weighted by molar-refractivity contribution is -0.151. The second-order valence-electron chi connectivity index (χ2n) is 9.27. The van der Waals surface area contributed by atoms with Gasteiger partial charge < -0.3 is 19.7 Å². The number of ether oxygens (including phenoxy) is 2. The van der Waals surface area contributed by atoms with Gasteiger partial charge in [-0.1, -0.05) is 12.1 Å². The molecule has 1 aliphatic heterocycles. The molecule has 37 heavy (non-hydrogen) atoms. The number of amides is 2. The normalized spacial score (nSPS) is 16.9. The van der Waals surface area contributed by atoms with Gasteiger partial charge in [0.15, 0.2) is 0 Å². The molecule has 12 nitrogen and oxygen atoms in total. The van der Waals surface area contributed by atoms with Crippen molar-refractivity contribution in [3.8, 4) is 5.75 Å². The molecule has 1 aliphatic rings. The predicted molar refractivity (Wildman–Crippen MR) is 133 cm³/mol. The fourth-order valence-electron chi connectivity index (χ4n) is 3.92. The molecule has 2 atom stereocenters. The van der Waals surface area contributed by atoms with Crippen molar-refractivity contribution in [3.05, 3.63) is 41.7 Å². The van der Waals surface area contributed by atoms with Crippen LogP contribution >= 0.6 is 0 Å². The van der Waals surface area contributed by atoms with E-state index in [1.807, 2.05) is 0 Å². The smallest absolute Gasteiger partial charge is 0.414 e. The molecule has 1 saturated heterocycles. The number of esters is 1. The van der Waals surface area contributed by atoms with Crippen LogP contribution in [0, 0.1) is 6.92 Å². The van der Waals surface area contributed by atoms with Crippen LogP contribution in [0.25, 0.3) is 0 Å². The highest BCUT2D eigenvalue weighted by molar-refractivity contribution is 7.89. The Balaban J connectivity index is 1.77. The Hall–Kier alpha value is -3.45. The van der Waals surface area contributed by atoms with Crippen molar-refractivity contribution >= 4 is 28.0 Å². The van der Waals surface area contributed by atoms with Crippen LogP contribution in [0.2, 0.25) is 0 Å². The maximum absolute atomic E-state index is 13.3. The van der Waals surface area contributed by atoms with Crippen LogP contribution in [0.15, 0.2) is 35.4 Å². The van der Waals surface area contributed by atoms with Gasteiger partial charge in [0, 0.05) is 33.3 Å². The highest BCUT2D eigenvalue weighted by Gasteiger charge is 2.41.